The first kappa shape index (κ1) is 19.2. The van der Waals surface area contributed by atoms with E-state index < -0.39 is 0 Å². The molecule has 0 fully saturated rings. The molecular weight excluding hydrogens is 376 g/mol. The summed E-state index contributed by atoms with van der Waals surface area (Å²) < 4.78 is 5.95. The third-order valence-corrected chi connectivity index (χ3v) is 4.60. The summed E-state index contributed by atoms with van der Waals surface area (Å²) in [6, 6.07) is 28.9. The Morgan fingerprint density at radius 1 is 0.600 bits per heavy atom. The molecule has 0 spiro atoms. The zero-order valence-electron chi connectivity index (χ0n) is 16.0. The normalized spacial score (nSPS) is 10.4. The molecule has 0 heterocycles. The van der Waals surface area contributed by atoms with E-state index in [0.717, 1.165) is 0 Å². The van der Waals surface area contributed by atoms with E-state index in [1.165, 1.54) is 18.2 Å². The van der Waals surface area contributed by atoms with Gasteiger partial charge in [0.25, 0.3) is 0 Å². The van der Waals surface area contributed by atoms with Crippen LogP contribution in [0.25, 0.3) is 0 Å². The number of ether oxygens (including phenoxy) is 1. The molecule has 0 radical (unpaired) electrons. The number of benzene rings is 4. The summed E-state index contributed by atoms with van der Waals surface area (Å²) >= 11 is 0. The summed E-state index contributed by atoms with van der Waals surface area (Å²) in [7, 11) is 0. The van der Waals surface area contributed by atoms with Crippen LogP contribution in [-0.4, -0.2) is 16.7 Å². The van der Waals surface area contributed by atoms with Gasteiger partial charge in [-0.1, -0.05) is 72.8 Å². The van der Waals surface area contributed by atoms with Gasteiger partial charge in [-0.05, 0) is 30.3 Å². The minimum atomic E-state index is -0.266. The van der Waals surface area contributed by atoms with Crippen molar-refractivity contribution in [2.75, 3.05) is 0 Å². The first-order valence-corrected chi connectivity index (χ1v) is 9.42. The lowest BCUT2D eigenvalue weighted by molar-refractivity contribution is 0.102. The zero-order valence-corrected chi connectivity index (χ0v) is 16.0. The van der Waals surface area contributed by atoms with Crippen molar-refractivity contribution in [2.24, 2.45) is 0 Å². The van der Waals surface area contributed by atoms with Gasteiger partial charge >= 0.3 is 0 Å². The Morgan fingerprint density at radius 3 is 1.87 bits per heavy atom. The number of aromatic hydroxyl groups is 1. The van der Waals surface area contributed by atoms with Crippen molar-refractivity contribution >= 4 is 11.6 Å². The molecule has 4 rings (SSSR count). The second kappa shape index (κ2) is 8.45. The fraction of sp³-hybridized carbons (Fsp3) is 0. The van der Waals surface area contributed by atoms with Crippen molar-refractivity contribution < 1.29 is 19.4 Å². The molecule has 4 nitrogen and oxygen atoms in total. The molecule has 30 heavy (non-hydrogen) atoms. The molecule has 146 valence electrons. The van der Waals surface area contributed by atoms with Gasteiger partial charge in [-0.3, -0.25) is 9.59 Å². The molecule has 0 saturated heterocycles. The lowest BCUT2D eigenvalue weighted by Crippen LogP contribution is -2.04. The molecular formula is C26H18O4. The van der Waals surface area contributed by atoms with Crippen LogP contribution in [0.4, 0.5) is 0 Å². The van der Waals surface area contributed by atoms with Crippen LogP contribution in [0.2, 0.25) is 0 Å². The molecule has 4 heteroatoms. The molecule has 0 amide bonds. The number of ketones is 2. The van der Waals surface area contributed by atoms with Crippen molar-refractivity contribution in [3.05, 3.63) is 125 Å². The average molecular weight is 394 g/mol. The van der Waals surface area contributed by atoms with Crippen LogP contribution in [0.1, 0.15) is 31.8 Å². The number of hydrogen-bond donors (Lipinski definition) is 1. The molecule has 1 N–H and O–H groups in total. The summed E-state index contributed by atoms with van der Waals surface area (Å²) in [5, 5.41) is 9.89. The zero-order chi connectivity index (χ0) is 20.9. The smallest absolute Gasteiger partial charge is 0.196 e. The maximum absolute atomic E-state index is 12.9. The monoisotopic (exact) mass is 394 g/mol. The Balaban J connectivity index is 1.66. The number of rotatable bonds is 6. The summed E-state index contributed by atoms with van der Waals surface area (Å²) in [5.41, 5.74) is 1.79. The summed E-state index contributed by atoms with van der Waals surface area (Å²) in [5.74, 6) is 0.301. The SMILES string of the molecule is O=C(c1ccccc1)c1cccc(Oc2ccc(O)cc2C(=O)c2ccccc2)c1. The molecule has 4 aromatic carbocycles. The Morgan fingerprint density at radius 2 is 1.20 bits per heavy atom. The number of hydrogen-bond acceptors (Lipinski definition) is 4. The Bertz CT molecular complexity index is 1200. The highest BCUT2D eigenvalue weighted by Gasteiger charge is 2.17. The maximum atomic E-state index is 12.9. The molecule has 0 bridgehead atoms. The minimum absolute atomic E-state index is 0.0327. The number of phenols is 1. The number of phenolic OH excluding ortho intramolecular Hbond substituents is 1. The van der Waals surface area contributed by atoms with E-state index in [2.05, 4.69) is 0 Å². The molecule has 0 saturated carbocycles. The van der Waals surface area contributed by atoms with E-state index in [0.29, 0.717) is 28.2 Å². The maximum Gasteiger partial charge on any atom is 0.196 e. The van der Waals surface area contributed by atoms with Crippen molar-refractivity contribution in [2.45, 2.75) is 0 Å². The standard InChI is InChI=1S/C26H18O4/c27-21-14-15-24(23(17-21)26(29)19-10-5-2-6-11-19)30-22-13-7-12-20(16-22)25(28)18-8-3-1-4-9-18/h1-17,27H. The largest absolute Gasteiger partial charge is 0.508 e. The van der Waals surface area contributed by atoms with Crippen molar-refractivity contribution in [3.8, 4) is 17.2 Å². The molecule has 0 atom stereocenters. The first-order valence-electron chi connectivity index (χ1n) is 9.42. The first-order chi connectivity index (χ1) is 14.6. The van der Waals surface area contributed by atoms with Gasteiger partial charge < -0.3 is 9.84 Å². The molecule has 0 aliphatic heterocycles. The van der Waals surface area contributed by atoms with E-state index in [-0.39, 0.29) is 22.9 Å². The van der Waals surface area contributed by atoms with E-state index in [9.17, 15) is 14.7 Å². The predicted octanol–water partition coefficient (Wildman–Crippen LogP) is 5.65. The Labute approximate surface area is 174 Å². The highest BCUT2D eigenvalue weighted by molar-refractivity contribution is 6.11. The molecule has 0 aliphatic rings. The summed E-state index contributed by atoms with van der Waals surface area (Å²) in [6.07, 6.45) is 0. The van der Waals surface area contributed by atoms with Crippen LogP contribution in [0.5, 0.6) is 17.2 Å². The van der Waals surface area contributed by atoms with Crippen LogP contribution >= 0.6 is 0 Å². The highest BCUT2D eigenvalue weighted by atomic mass is 16.5. The van der Waals surface area contributed by atoms with Gasteiger partial charge in [0, 0.05) is 16.7 Å². The summed E-state index contributed by atoms with van der Waals surface area (Å²) in [4.78, 5) is 25.6. The van der Waals surface area contributed by atoms with Gasteiger partial charge in [-0.25, -0.2) is 0 Å². The van der Waals surface area contributed by atoms with Gasteiger partial charge in [0.15, 0.2) is 11.6 Å². The third kappa shape index (κ3) is 4.13. The van der Waals surface area contributed by atoms with E-state index in [1.54, 1.807) is 60.7 Å². The molecule has 0 unspecified atom stereocenters. The fourth-order valence-corrected chi connectivity index (χ4v) is 3.11. The second-order valence-electron chi connectivity index (χ2n) is 6.70. The molecule has 0 aromatic heterocycles. The van der Waals surface area contributed by atoms with Gasteiger partial charge in [-0.2, -0.15) is 0 Å². The Hall–Kier alpha value is -4.18. The van der Waals surface area contributed by atoms with Gasteiger partial charge in [-0.15, -0.1) is 0 Å². The van der Waals surface area contributed by atoms with Crippen LogP contribution in [0, 0.1) is 0 Å². The molecule has 4 aromatic rings. The average Bonchev–Trinajstić information content (AvgIpc) is 2.80. The summed E-state index contributed by atoms with van der Waals surface area (Å²) in [6.45, 7) is 0. The van der Waals surface area contributed by atoms with E-state index in [4.69, 9.17) is 4.74 Å². The van der Waals surface area contributed by atoms with Crippen LogP contribution in [-0.2, 0) is 0 Å². The minimum Gasteiger partial charge on any atom is -0.508 e. The quantitative estimate of drug-likeness (QED) is 0.430. The van der Waals surface area contributed by atoms with Crippen LogP contribution < -0.4 is 4.74 Å². The number of carbonyl (C=O) groups is 2. The van der Waals surface area contributed by atoms with Crippen molar-refractivity contribution in [3.63, 3.8) is 0 Å². The van der Waals surface area contributed by atoms with Crippen molar-refractivity contribution in [1.29, 1.82) is 0 Å². The van der Waals surface area contributed by atoms with E-state index in [1.807, 2.05) is 24.3 Å². The lowest BCUT2D eigenvalue weighted by Gasteiger charge is -2.12. The highest BCUT2D eigenvalue weighted by Crippen LogP contribution is 2.31. The van der Waals surface area contributed by atoms with Gasteiger partial charge in [0.2, 0.25) is 0 Å². The van der Waals surface area contributed by atoms with E-state index >= 15 is 0 Å². The lowest BCUT2D eigenvalue weighted by atomic mass is 10.0. The van der Waals surface area contributed by atoms with Gasteiger partial charge in [0.1, 0.15) is 17.2 Å². The van der Waals surface area contributed by atoms with Crippen molar-refractivity contribution in [1.82, 2.24) is 0 Å². The van der Waals surface area contributed by atoms with Gasteiger partial charge in [0.05, 0.1) is 5.56 Å². The third-order valence-electron chi connectivity index (χ3n) is 4.60. The number of carbonyl (C=O) groups excluding carboxylic acids is 2. The topological polar surface area (TPSA) is 63.6 Å². The predicted molar refractivity (Wildman–Crippen MR) is 114 cm³/mol. The fourth-order valence-electron chi connectivity index (χ4n) is 3.11. The van der Waals surface area contributed by atoms with Crippen LogP contribution in [0.3, 0.4) is 0 Å². The molecule has 0 aliphatic carbocycles. The van der Waals surface area contributed by atoms with Crippen LogP contribution in [0.15, 0.2) is 103 Å². The second-order valence-corrected chi connectivity index (χ2v) is 6.70. The Kier molecular flexibility index (Phi) is 5.39.